The van der Waals surface area contributed by atoms with Crippen LogP contribution in [0.4, 0.5) is 5.69 Å². The zero-order valence-corrected chi connectivity index (χ0v) is 17.3. The summed E-state index contributed by atoms with van der Waals surface area (Å²) in [6.45, 7) is 5.13. The number of hydrogen-bond acceptors (Lipinski definition) is 5. The molecule has 0 aliphatic heterocycles. The highest BCUT2D eigenvalue weighted by molar-refractivity contribution is 7.91. The summed E-state index contributed by atoms with van der Waals surface area (Å²) in [5.41, 5.74) is 2.52. The van der Waals surface area contributed by atoms with E-state index in [2.05, 4.69) is 10.6 Å². The van der Waals surface area contributed by atoms with Crippen molar-refractivity contribution < 1.29 is 18.0 Å². The third kappa shape index (κ3) is 5.38. The van der Waals surface area contributed by atoms with Crippen LogP contribution in [0.1, 0.15) is 22.9 Å². The third-order valence-electron chi connectivity index (χ3n) is 3.92. The molecule has 146 valence electrons. The Labute approximate surface area is 163 Å². The molecule has 7 nitrogen and oxygen atoms in total. The number of sulfonamides is 1. The van der Waals surface area contributed by atoms with Crippen molar-refractivity contribution in [2.24, 2.45) is 0 Å². The van der Waals surface area contributed by atoms with E-state index in [1.165, 1.54) is 20.0 Å². The van der Waals surface area contributed by atoms with Crippen LogP contribution in [0.5, 0.6) is 0 Å². The Hall–Kier alpha value is -2.23. The topological polar surface area (TPSA) is 95.6 Å². The maximum Gasteiger partial charge on any atom is 0.252 e. The van der Waals surface area contributed by atoms with Gasteiger partial charge in [-0.3, -0.25) is 9.59 Å². The minimum Gasteiger partial charge on any atom is -0.351 e. The number of para-hydroxylation sites is 1. The van der Waals surface area contributed by atoms with Crippen LogP contribution in [-0.2, 0) is 26.2 Å². The Morgan fingerprint density at radius 1 is 1.11 bits per heavy atom. The highest BCUT2D eigenvalue weighted by Crippen LogP contribution is 2.24. The van der Waals surface area contributed by atoms with Gasteiger partial charge in [-0.05, 0) is 37.1 Å². The van der Waals surface area contributed by atoms with Gasteiger partial charge in [0.1, 0.15) is 4.21 Å². The van der Waals surface area contributed by atoms with Gasteiger partial charge in [0.25, 0.3) is 10.0 Å². The maximum absolute atomic E-state index is 12.7. The van der Waals surface area contributed by atoms with Gasteiger partial charge in [-0.1, -0.05) is 18.2 Å². The van der Waals surface area contributed by atoms with Gasteiger partial charge in [0, 0.05) is 24.5 Å². The van der Waals surface area contributed by atoms with E-state index >= 15 is 0 Å². The highest BCUT2D eigenvalue weighted by Gasteiger charge is 2.25. The van der Waals surface area contributed by atoms with E-state index in [9.17, 15) is 18.0 Å². The number of nitrogens with zero attached hydrogens (tertiary/aromatic N) is 1. The summed E-state index contributed by atoms with van der Waals surface area (Å²) in [7, 11) is -2.42. The van der Waals surface area contributed by atoms with Gasteiger partial charge < -0.3 is 10.6 Å². The van der Waals surface area contributed by atoms with Gasteiger partial charge in [-0.25, -0.2) is 8.42 Å². The molecule has 0 bridgehead atoms. The zero-order chi connectivity index (χ0) is 20.2. The van der Waals surface area contributed by atoms with Crippen LogP contribution in [0.3, 0.4) is 0 Å². The van der Waals surface area contributed by atoms with Crippen molar-refractivity contribution in [1.29, 1.82) is 0 Å². The van der Waals surface area contributed by atoms with Crippen LogP contribution in [0.2, 0.25) is 0 Å². The predicted octanol–water partition coefficient (Wildman–Crippen LogP) is 2.26. The quantitative estimate of drug-likeness (QED) is 0.733. The second kappa shape index (κ2) is 8.64. The molecule has 0 radical (unpaired) electrons. The second-order valence-corrected chi connectivity index (χ2v) is 9.65. The van der Waals surface area contributed by atoms with Gasteiger partial charge in [-0.15, -0.1) is 11.3 Å². The molecule has 2 rings (SSSR count). The predicted molar refractivity (Wildman–Crippen MR) is 106 cm³/mol. The van der Waals surface area contributed by atoms with Crippen LogP contribution < -0.4 is 10.6 Å². The third-order valence-corrected chi connectivity index (χ3v) is 7.28. The SMILES string of the molecule is CC(=O)NCc1ccc(S(=O)(=O)N(C)CC(=O)Nc2c(C)cccc2C)s1. The Bertz CT molecular complexity index is 931. The first-order valence-electron chi connectivity index (χ1n) is 8.27. The van der Waals surface area contributed by atoms with Crippen LogP contribution >= 0.6 is 11.3 Å². The number of carbonyl (C=O) groups excluding carboxylic acids is 2. The molecule has 1 aromatic carbocycles. The molecule has 0 unspecified atom stereocenters. The van der Waals surface area contributed by atoms with Crippen molar-refractivity contribution in [3.63, 3.8) is 0 Å². The molecule has 1 heterocycles. The minimum absolute atomic E-state index is 0.130. The first-order valence-corrected chi connectivity index (χ1v) is 10.5. The van der Waals surface area contributed by atoms with Crippen LogP contribution in [0.25, 0.3) is 0 Å². The lowest BCUT2D eigenvalue weighted by atomic mass is 10.1. The monoisotopic (exact) mass is 409 g/mol. The number of hydrogen-bond donors (Lipinski definition) is 2. The number of amides is 2. The van der Waals surface area contributed by atoms with Crippen molar-refractivity contribution >= 4 is 38.9 Å². The zero-order valence-electron chi connectivity index (χ0n) is 15.7. The molecule has 1 aromatic heterocycles. The van der Waals surface area contributed by atoms with Gasteiger partial charge >= 0.3 is 0 Å². The molecular formula is C18H23N3O4S2. The molecule has 27 heavy (non-hydrogen) atoms. The Kier molecular flexibility index (Phi) is 6.74. The standard InChI is InChI=1S/C18H23N3O4S2/c1-12-6-5-7-13(2)18(12)20-16(23)11-21(4)27(24,25)17-9-8-15(26-17)10-19-14(3)22/h5-9H,10-11H2,1-4H3,(H,19,22)(H,20,23). The first kappa shape index (κ1) is 21.1. The number of rotatable bonds is 7. The number of likely N-dealkylation sites (N-methyl/N-ethyl adjacent to an activating group) is 1. The summed E-state index contributed by atoms with van der Waals surface area (Å²) in [5, 5.41) is 5.41. The van der Waals surface area contributed by atoms with Crippen molar-refractivity contribution in [1.82, 2.24) is 9.62 Å². The number of aryl methyl sites for hydroxylation is 2. The van der Waals surface area contributed by atoms with Crippen molar-refractivity contribution in [2.45, 2.75) is 31.5 Å². The smallest absolute Gasteiger partial charge is 0.252 e. The van der Waals surface area contributed by atoms with Gasteiger partial charge in [0.2, 0.25) is 11.8 Å². The molecule has 0 fully saturated rings. The fraction of sp³-hybridized carbons (Fsp3) is 0.333. The van der Waals surface area contributed by atoms with E-state index in [0.717, 1.165) is 31.6 Å². The van der Waals surface area contributed by atoms with Crippen LogP contribution in [0.15, 0.2) is 34.5 Å². The molecule has 0 atom stereocenters. The fourth-order valence-electron chi connectivity index (χ4n) is 2.43. The molecule has 2 aromatic rings. The number of thiophene rings is 1. The van der Waals surface area contributed by atoms with Gasteiger partial charge in [0.05, 0.1) is 13.1 Å². The molecule has 0 saturated carbocycles. The first-order chi connectivity index (χ1) is 12.6. The summed E-state index contributed by atoms with van der Waals surface area (Å²) in [6, 6.07) is 8.79. The van der Waals surface area contributed by atoms with Crippen LogP contribution in [0, 0.1) is 13.8 Å². The lowest BCUT2D eigenvalue weighted by molar-refractivity contribution is -0.119. The summed E-state index contributed by atoms with van der Waals surface area (Å²) < 4.78 is 26.5. The van der Waals surface area contributed by atoms with Gasteiger partial charge in [-0.2, -0.15) is 4.31 Å². The van der Waals surface area contributed by atoms with E-state index in [-0.39, 0.29) is 23.2 Å². The summed E-state index contributed by atoms with van der Waals surface area (Å²) in [5.74, 6) is -0.596. The van der Waals surface area contributed by atoms with E-state index in [1.54, 1.807) is 6.07 Å². The average molecular weight is 410 g/mol. The lowest BCUT2D eigenvalue weighted by Gasteiger charge is -2.17. The molecule has 0 aliphatic rings. The number of anilines is 1. The van der Waals surface area contributed by atoms with Crippen molar-refractivity contribution in [2.75, 3.05) is 18.9 Å². The molecular weight excluding hydrogens is 386 g/mol. The molecule has 0 saturated heterocycles. The highest BCUT2D eigenvalue weighted by atomic mass is 32.2. The Morgan fingerprint density at radius 3 is 2.33 bits per heavy atom. The molecule has 0 aliphatic carbocycles. The molecule has 9 heteroatoms. The van der Waals surface area contributed by atoms with E-state index < -0.39 is 15.9 Å². The Balaban J connectivity index is 2.06. The number of nitrogens with one attached hydrogen (secondary N) is 2. The second-order valence-electron chi connectivity index (χ2n) is 6.21. The number of carbonyl (C=O) groups is 2. The van der Waals surface area contributed by atoms with Crippen LogP contribution in [-0.4, -0.2) is 38.1 Å². The number of benzene rings is 1. The Morgan fingerprint density at radius 2 is 1.74 bits per heavy atom. The lowest BCUT2D eigenvalue weighted by Crippen LogP contribution is -2.34. The molecule has 0 spiro atoms. The van der Waals surface area contributed by atoms with Crippen molar-refractivity contribution in [3.05, 3.63) is 46.3 Å². The fourth-order valence-corrected chi connectivity index (χ4v) is 5.07. The van der Waals surface area contributed by atoms with E-state index in [1.807, 2.05) is 32.0 Å². The summed E-state index contributed by atoms with van der Waals surface area (Å²) in [4.78, 5) is 24.0. The van der Waals surface area contributed by atoms with Gasteiger partial charge in [0.15, 0.2) is 0 Å². The minimum atomic E-state index is -3.79. The largest absolute Gasteiger partial charge is 0.351 e. The summed E-state index contributed by atoms with van der Waals surface area (Å²) in [6.07, 6.45) is 0. The molecule has 2 amide bonds. The normalized spacial score (nSPS) is 11.4. The maximum atomic E-state index is 12.7. The molecule has 2 N–H and O–H groups in total. The summed E-state index contributed by atoms with van der Waals surface area (Å²) >= 11 is 1.07. The average Bonchev–Trinajstić information content (AvgIpc) is 3.06. The van der Waals surface area contributed by atoms with E-state index in [0.29, 0.717) is 5.69 Å². The van der Waals surface area contributed by atoms with E-state index in [4.69, 9.17) is 0 Å². The van der Waals surface area contributed by atoms with Crippen molar-refractivity contribution in [3.8, 4) is 0 Å².